The fraction of sp³-hybridized carbons (Fsp3) is 0.824. The number of carbonyl (C=O) groups is 1. The highest BCUT2D eigenvalue weighted by Gasteiger charge is 2.07. The van der Waals surface area contributed by atoms with E-state index >= 15 is 0 Å². The highest BCUT2D eigenvalue weighted by Crippen LogP contribution is 2.11. The van der Waals surface area contributed by atoms with Gasteiger partial charge in [0.25, 0.3) is 0 Å². The molecule has 0 aliphatic heterocycles. The van der Waals surface area contributed by atoms with Gasteiger partial charge in [0.15, 0.2) is 0 Å². The van der Waals surface area contributed by atoms with Crippen LogP contribution < -0.4 is 0 Å². The van der Waals surface area contributed by atoms with Crippen LogP contribution in [0.2, 0.25) is 0 Å². The third kappa shape index (κ3) is 13.6. The van der Waals surface area contributed by atoms with E-state index in [1.54, 1.807) is 0 Å². The summed E-state index contributed by atoms with van der Waals surface area (Å²) in [5, 5.41) is 0. The van der Waals surface area contributed by atoms with Crippen LogP contribution in [0.15, 0.2) is 12.7 Å². The zero-order chi connectivity index (χ0) is 15.1. The Bertz CT molecular complexity index is 238. The molecular formula is C17H32O3. The lowest BCUT2D eigenvalue weighted by Gasteiger charge is -2.16. The first-order valence-corrected chi connectivity index (χ1v) is 8.06. The van der Waals surface area contributed by atoms with Gasteiger partial charge in [0.2, 0.25) is 0 Å². The van der Waals surface area contributed by atoms with E-state index in [1.807, 2.05) is 6.08 Å². The molecule has 118 valence electrons. The summed E-state index contributed by atoms with van der Waals surface area (Å²) in [6, 6.07) is 0. The summed E-state index contributed by atoms with van der Waals surface area (Å²) in [4.78, 5) is 10.6. The number of unbranched alkanes of at least 4 members (excludes halogenated alkanes) is 5. The Kier molecular flexibility index (Phi) is 14.0. The normalized spacial score (nSPS) is 12.1. The maximum absolute atomic E-state index is 10.6. The van der Waals surface area contributed by atoms with Crippen LogP contribution in [0.1, 0.15) is 71.6 Å². The number of carbonyl (C=O) groups excluding carboxylic acids is 1. The summed E-state index contributed by atoms with van der Waals surface area (Å²) in [5.41, 5.74) is 0. The van der Waals surface area contributed by atoms with Crippen molar-refractivity contribution in [2.75, 3.05) is 13.2 Å². The second-order valence-corrected chi connectivity index (χ2v) is 5.27. The first-order chi connectivity index (χ1) is 9.70. The minimum absolute atomic E-state index is 0.198. The van der Waals surface area contributed by atoms with E-state index in [4.69, 9.17) is 9.47 Å². The van der Waals surface area contributed by atoms with Crippen LogP contribution in [0, 0.1) is 0 Å². The molecule has 20 heavy (non-hydrogen) atoms. The predicted molar refractivity (Wildman–Crippen MR) is 83.8 cm³/mol. The van der Waals surface area contributed by atoms with Gasteiger partial charge in [0, 0.05) is 13.5 Å². The van der Waals surface area contributed by atoms with E-state index < -0.39 is 0 Å². The monoisotopic (exact) mass is 284 g/mol. The highest BCUT2D eigenvalue weighted by atomic mass is 16.5. The largest absolute Gasteiger partial charge is 0.466 e. The third-order valence-electron chi connectivity index (χ3n) is 3.26. The minimum atomic E-state index is -0.198. The van der Waals surface area contributed by atoms with E-state index in [2.05, 4.69) is 13.5 Å². The topological polar surface area (TPSA) is 35.5 Å². The van der Waals surface area contributed by atoms with Crippen molar-refractivity contribution in [3.63, 3.8) is 0 Å². The Morgan fingerprint density at radius 2 is 1.80 bits per heavy atom. The first kappa shape index (κ1) is 19.2. The van der Waals surface area contributed by atoms with E-state index in [0.29, 0.717) is 6.61 Å². The number of ether oxygens (including phenoxy) is 2. The molecule has 0 aliphatic carbocycles. The van der Waals surface area contributed by atoms with E-state index in [9.17, 15) is 4.79 Å². The lowest BCUT2D eigenvalue weighted by Crippen LogP contribution is -2.13. The predicted octanol–water partition coefficient (Wildman–Crippen LogP) is 4.65. The molecule has 0 aromatic rings. The van der Waals surface area contributed by atoms with Gasteiger partial charge in [-0.05, 0) is 32.1 Å². The third-order valence-corrected chi connectivity index (χ3v) is 3.26. The summed E-state index contributed by atoms with van der Waals surface area (Å²) in [6.07, 6.45) is 12.4. The Morgan fingerprint density at radius 3 is 2.45 bits per heavy atom. The van der Waals surface area contributed by atoms with Crippen molar-refractivity contribution in [3.8, 4) is 0 Å². The van der Waals surface area contributed by atoms with Gasteiger partial charge in [-0.2, -0.15) is 0 Å². The molecule has 3 nitrogen and oxygen atoms in total. The van der Waals surface area contributed by atoms with Gasteiger partial charge < -0.3 is 9.47 Å². The molecule has 3 heteroatoms. The Labute approximate surface area is 124 Å². The van der Waals surface area contributed by atoms with Gasteiger partial charge >= 0.3 is 5.97 Å². The van der Waals surface area contributed by atoms with Gasteiger partial charge in [-0.15, -0.1) is 6.58 Å². The molecule has 0 amide bonds. The minimum Gasteiger partial charge on any atom is -0.466 e. The molecule has 0 spiro atoms. The van der Waals surface area contributed by atoms with Gasteiger partial charge in [-0.1, -0.05) is 38.7 Å². The molecule has 1 unspecified atom stereocenters. The smallest absolute Gasteiger partial charge is 0.302 e. The zero-order valence-electron chi connectivity index (χ0n) is 13.4. The number of esters is 1. The molecular weight excluding hydrogens is 252 g/mol. The average Bonchev–Trinajstić information content (AvgIpc) is 2.41. The molecule has 0 bridgehead atoms. The van der Waals surface area contributed by atoms with Crippen LogP contribution >= 0.6 is 0 Å². The molecule has 0 saturated heterocycles. The fourth-order valence-electron chi connectivity index (χ4n) is 2.10. The van der Waals surface area contributed by atoms with Crippen molar-refractivity contribution in [2.45, 2.75) is 77.7 Å². The van der Waals surface area contributed by atoms with Crippen molar-refractivity contribution in [1.29, 1.82) is 0 Å². The summed E-state index contributed by atoms with van der Waals surface area (Å²) in [5.74, 6) is -0.198. The van der Waals surface area contributed by atoms with E-state index in [0.717, 1.165) is 38.7 Å². The lowest BCUT2D eigenvalue weighted by atomic mass is 10.1. The number of hydrogen-bond acceptors (Lipinski definition) is 3. The summed E-state index contributed by atoms with van der Waals surface area (Å²) >= 11 is 0. The summed E-state index contributed by atoms with van der Waals surface area (Å²) in [7, 11) is 0. The molecule has 0 aromatic heterocycles. The highest BCUT2D eigenvalue weighted by molar-refractivity contribution is 5.65. The van der Waals surface area contributed by atoms with Crippen molar-refractivity contribution < 1.29 is 14.3 Å². The van der Waals surface area contributed by atoms with Gasteiger partial charge in [-0.25, -0.2) is 0 Å². The zero-order valence-corrected chi connectivity index (χ0v) is 13.4. The maximum Gasteiger partial charge on any atom is 0.302 e. The molecule has 0 radical (unpaired) electrons. The fourth-order valence-corrected chi connectivity index (χ4v) is 2.10. The number of hydrogen-bond donors (Lipinski definition) is 0. The van der Waals surface area contributed by atoms with Crippen molar-refractivity contribution in [3.05, 3.63) is 12.7 Å². The van der Waals surface area contributed by atoms with Crippen LogP contribution in [0.5, 0.6) is 0 Å². The van der Waals surface area contributed by atoms with Crippen molar-refractivity contribution >= 4 is 5.97 Å². The maximum atomic E-state index is 10.6. The first-order valence-electron chi connectivity index (χ1n) is 8.06. The van der Waals surface area contributed by atoms with Crippen LogP contribution in [-0.4, -0.2) is 25.3 Å². The second kappa shape index (κ2) is 14.6. The van der Waals surface area contributed by atoms with Crippen LogP contribution in [0.3, 0.4) is 0 Å². The molecule has 0 N–H and O–H groups in total. The molecule has 1 atom stereocenters. The standard InChI is InChI=1S/C17H32O3/c1-4-6-7-8-10-15-20-17(12-5-2)13-9-11-14-19-16(3)18/h5,17H,2,4,6-15H2,1,3H3. The number of rotatable bonds is 14. The van der Waals surface area contributed by atoms with E-state index in [1.165, 1.54) is 32.6 Å². The van der Waals surface area contributed by atoms with Crippen molar-refractivity contribution in [2.24, 2.45) is 0 Å². The van der Waals surface area contributed by atoms with Crippen molar-refractivity contribution in [1.82, 2.24) is 0 Å². The second-order valence-electron chi connectivity index (χ2n) is 5.27. The Morgan fingerprint density at radius 1 is 1.10 bits per heavy atom. The van der Waals surface area contributed by atoms with Gasteiger partial charge in [0.1, 0.15) is 0 Å². The Hall–Kier alpha value is -0.830. The summed E-state index contributed by atoms with van der Waals surface area (Å²) < 4.78 is 10.8. The average molecular weight is 284 g/mol. The molecule has 0 fully saturated rings. The van der Waals surface area contributed by atoms with E-state index in [-0.39, 0.29) is 12.1 Å². The molecule has 0 aromatic carbocycles. The van der Waals surface area contributed by atoms with Gasteiger partial charge in [-0.3, -0.25) is 4.79 Å². The Balaban J connectivity index is 3.54. The van der Waals surface area contributed by atoms with Crippen LogP contribution in [-0.2, 0) is 14.3 Å². The molecule has 0 heterocycles. The van der Waals surface area contributed by atoms with Crippen LogP contribution in [0.4, 0.5) is 0 Å². The van der Waals surface area contributed by atoms with Crippen LogP contribution in [0.25, 0.3) is 0 Å². The SMILES string of the molecule is C=CCC(CCCCOC(C)=O)OCCCCCCC. The lowest BCUT2D eigenvalue weighted by molar-refractivity contribution is -0.141. The summed E-state index contributed by atoms with van der Waals surface area (Å²) in [6.45, 7) is 8.84. The molecule has 0 saturated carbocycles. The molecule has 0 rings (SSSR count). The quantitative estimate of drug-likeness (QED) is 0.264. The van der Waals surface area contributed by atoms with Gasteiger partial charge in [0.05, 0.1) is 12.7 Å². The molecule has 0 aliphatic rings.